The summed E-state index contributed by atoms with van der Waals surface area (Å²) in [5.74, 6) is -1.60. The number of nitro groups is 2. The van der Waals surface area contributed by atoms with E-state index in [1.54, 1.807) is 48.5 Å². The van der Waals surface area contributed by atoms with Crippen LogP contribution in [-0.2, 0) is 27.0 Å². The summed E-state index contributed by atoms with van der Waals surface area (Å²) in [6.07, 6.45) is 14.6. The van der Waals surface area contributed by atoms with E-state index in [1.807, 2.05) is 0 Å². The zero-order valence-electron chi connectivity index (χ0n) is 38.3. The summed E-state index contributed by atoms with van der Waals surface area (Å²) in [5.41, 5.74) is 0.188. The van der Waals surface area contributed by atoms with E-state index in [0.29, 0.717) is 32.9 Å². The van der Waals surface area contributed by atoms with Crippen molar-refractivity contribution in [3.63, 3.8) is 0 Å². The van der Waals surface area contributed by atoms with Gasteiger partial charge in [0.2, 0.25) is 11.8 Å². The van der Waals surface area contributed by atoms with Crippen LogP contribution in [0.25, 0.3) is 21.5 Å². The van der Waals surface area contributed by atoms with E-state index in [-0.39, 0.29) is 87.7 Å². The minimum Gasteiger partial charge on any atom is -0.506 e. The number of hydrogen-bond donors (Lipinski definition) is 7. The van der Waals surface area contributed by atoms with Crippen molar-refractivity contribution < 1.29 is 58.6 Å². The fraction of sp³-hybridized carbons (Fsp3) is 0.292. The van der Waals surface area contributed by atoms with E-state index in [2.05, 4.69) is 36.4 Å². The standard InChI is InChI=1S/2C18H14N4O5.C12H23N.Cr/c2*1-10(23)19-13-4-2-3-11-5-7-16(25)18(17(11)13)21-20-14-9-12(22(26)27)6-8-15(14)24;1-3-7-11(8-4-1)13-12-9-5-2-6-10-12;/h2*2-9,24-25H,1H3,(H,19,23);11-13H,1-10H2;/p+1. The third kappa shape index (κ3) is 13.8. The number of carbonyl (C=O) groups excluding carboxylic acids is 2. The number of phenols is 4. The molecule has 2 fully saturated rings. The van der Waals surface area contributed by atoms with Gasteiger partial charge in [0.1, 0.15) is 45.7 Å². The maximum Gasteiger partial charge on any atom is 1.00 e. The van der Waals surface area contributed by atoms with E-state index in [4.69, 9.17) is 0 Å². The van der Waals surface area contributed by atoms with E-state index in [1.165, 1.54) is 90.2 Å². The molecule has 0 atom stereocenters. The van der Waals surface area contributed by atoms with Crippen molar-refractivity contribution in [1.29, 1.82) is 0 Å². The Kier molecular flexibility index (Phi) is 18.4. The van der Waals surface area contributed by atoms with Crippen LogP contribution in [0.4, 0.5) is 45.5 Å². The van der Waals surface area contributed by atoms with Crippen molar-refractivity contribution in [2.45, 2.75) is 90.1 Å². The molecule has 0 aromatic heterocycles. The molecule has 0 aliphatic heterocycles. The van der Waals surface area contributed by atoms with E-state index < -0.39 is 9.85 Å². The number of carbonyl (C=O) groups is 2. The Hall–Kier alpha value is -7.53. The topological polar surface area (TPSA) is 287 Å². The molecule has 0 spiro atoms. The summed E-state index contributed by atoms with van der Waals surface area (Å²) in [7, 11) is 0. The summed E-state index contributed by atoms with van der Waals surface area (Å²) in [6.45, 7) is 2.70. The molecular weight excluding hydrogens is 915 g/mol. The van der Waals surface area contributed by atoms with E-state index in [9.17, 15) is 50.2 Å². The number of anilines is 2. The minimum absolute atomic E-state index is 0. The second kappa shape index (κ2) is 24.3. The number of phenolic OH excluding ortho intramolecular Hbond substituents is 4. The Balaban J connectivity index is 0.000000235. The van der Waals surface area contributed by atoms with Crippen LogP contribution in [0.15, 0.2) is 118 Å². The van der Waals surface area contributed by atoms with Gasteiger partial charge in [-0.2, -0.15) is 0 Å². The first-order valence-corrected chi connectivity index (χ1v) is 21.8. The predicted octanol–water partition coefficient (Wildman–Crippen LogP) is 12.4. The molecule has 6 aromatic carbocycles. The first-order valence-electron chi connectivity index (χ1n) is 21.8. The SMILES string of the molecule is C1CCC(NC2CCCCC2)CC1.CC(=O)Nc1cccc2ccc(O)c(N=Nc3cc([N+](=O)[O-])ccc3O)c12.CC(=O)Nc1cccc2ccc(O)c(N=Nc3cc([N+](=O)[O-])ccc3O)c12.[Cr].[H+]. The van der Waals surface area contributed by atoms with Crippen LogP contribution >= 0.6 is 0 Å². The molecule has 0 heterocycles. The Bertz CT molecular complexity index is 2660. The van der Waals surface area contributed by atoms with Crippen LogP contribution in [-0.4, -0.2) is 54.2 Å². The maximum absolute atomic E-state index is 11.5. The zero-order valence-corrected chi connectivity index (χ0v) is 38.6. The van der Waals surface area contributed by atoms with Gasteiger partial charge in [-0.1, -0.05) is 74.9 Å². The number of fused-ring (bicyclic) bond motifs is 2. The number of nitro benzene ring substituents is 2. The third-order valence-corrected chi connectivity index (χ3v) is 11.2. The van der Waals surface area contributed by atoms with Gasteiger partial charge in [-0.05, 0) is 72.9 Å². The Labute approximate surface area is 403 Å². The average molecular weight is 967 g/mol. The summed E-state index contributed by atoms with van der Waals surface area (Å²) >= 11 is 0. The number of nitrogens with one attached hydrogen (secondary N) is 3. The summed E-state index contributed by atoms with van der Waals surface area (Å²) < 4.78 is 0. The van der Waals surface area contributed by atoms with Crippen molar-refractivity contribution in [2.24, 2.45) is 20.5 Å². The van der Waals surface area contributed by atoms with Crippen molar-refractivity contribution >= 4 is 78.9 Å². The second-order valence-electron chi connectivity index (χ2n) is 16.1. The molecule has 68 heavy (non-hydrogen) atoms. The van der Waals surface area contributed by atoms with Crippen LogP contribution in [0.3, 0.4) is 0 Å². The number of aromatic hydroxyl groups is 4. The largest absolute Gasteiger partial charge is 1.00 e. The number of rotatable bonds is 10. The molecule has 6 aromatic rings. The summed E-state index contributed by atoms with van der Waals surface area (Å²) in [5, 5.41) is 89.0. The van der Waals surface area contributed by atoms with Crippen LogP contribution in [0, 0.1) is 20.2 Å². The fourth-order valence-corrected chi connectivity index (χ4v) is 7.98. The van der Waals surface area contributed by atoms with Crippen molar-refractivity contribution in [3.8, 4) is 23.0 Å². The van der Waals surface area contributed by atoms with Crippen molar-refractivity contribution in [3.05, 3.63) is 117 Å². The number of amides is 2. The molecule has 2 amide bonds. The molecule has 0 saturated heterocycles. The molecule has 2 aliphatic carbocycles. The van der Waals surface area contributed by atoms with Gasteiger partial charge in [0.25, 0.3) is 11.4 Å². The number of azo groups is 2. The quantitative estimate of drug-likeness (QED) is 0.0385. The molecule has 0 unspecified atom stereocenters. The summed E-state index contributed by atoms with van der Waals surface area (Å²) in [6, 6.07) is 24.9. The number of non-ortho nitro benzene ring substituents is 2. The Morgan fingerprint density at radius 3 is 1.26 bits per heavy atom. The first kappa shape index (κ1) is 51.5. The van der Waals surface area contributed by atoms with Crippen LogP contribution in [0.2, 0.25) is 0 Å². The van der Waals surface area contributed by atoms with E-state index in [0.717, 1.165) is 48.5 Å². The molecule has 19 nitrogen and oxygen atoms in total. The van der Waals surface area contributed by atoms with Gasteiger partial charge in [0, 0.05) is 78.3 Å². The van der Waals surface area contributed by atoms with E-state index >= 15 is 0 Å². The predicted molar refractivity (Wildman–Crippen MR) is 256 cm³/mol. The molecule has 0 bridgehead atoms. The zero-order chi connectivity index (χ0) is 48.0. The molecule has 0 radical (unpaired) electrons. The van der Waals surface area contributed by atoms with Crippen LogP contribution in [0.5, 0.6) is 23.0 Å². The molecule has 2 aliphatic rings. The Morgan fingerprint density at radius 1 is 0.544 bits per heavy atom. The number of benzene rings is 6. The molecule has 8 rings (SSSR count). The van der Waals surface area contributed by atoms with Gasteiger partial charge in [0.05, 0.1) is 21.2 Å². The van der Waals surface area contributed by atoms with Gasteiger partial charge in [-0.25, -0.2) is 0 Å². The van der Waals surface area contributed by atoms with Crippen LogP contribution < -0.4 is 16.0 Å². The Morgan fingerprint density at radius 2 is 0.912 bits per heavy atom. The molecular formula is C48H52CrN9O10+. The maximum atomic E-state index is 11.5. The van der Waals surface area contributed by atoms with Gasteiger partial charge in [-0.15, -0.1) is 20.5 Å². The van der Waals surface area contributed by atoms with Gasteiger partial charge in [-0.3, -0.25) is 29.8 Å². The molecule has 354 valence electrons. The number of nitrogens with zero attached hydrogens (tertiary/aromatic N) is 6. The van der Waals surface area contributed by atoms with Crippen molar-refractivity contribution in [1.82, 2.24) is 5.32 Å². The van der Waals surface area contributed by atoms with Crippen molar-refractivity contribution in [2.75, 3.05) is 10.6 Å². The van der Waals surface area contributed by atoms with Gasteiger partial charge >= 0.3 is 1.43 Å². The fourth-order valence-electron chi connectivity index (χ4n) is 7.98. The average Bonchev–Trinajstić information content (AvgIpc) is 3.30. The summed E-state index contributed by atoms with van der Waals surface area (Å²) in [4.78, 5) is 43.4. The smallest absolute Gasteiger partial charge is 0.506 e. The van der Waals surface area contributed by atoms with Crippen LogP contribution in [0.1, 0.15) is 79.5 Å². The normalized spacial score (nSPS) is 14.0. The second-order valence-corrected chi connectivity index (χ2v) is 16.1. The molecule has 2 saturated carbocycles. The third-order valence-electron chi connectivity index (χ3n) is 11.2. The van der Waals surface area contributed by atoms with Gasteiger partial charge in [0.15, 0.2) is 0 Å². The number of hydrogen-bond acceptors (Lipinski definition) is 15. The monoisotopic (exact) mass is 966 g/mol. The van der Waals surface area contributed by atoms with Gasteiger partial charge < -0.3 is 36.4 Å². The molecule has 20 heteroatoms. The first-order chi connectivity index (χ1) is 32.2. The molecule has 7 N–H and O–H groups in total. The minimum atomic E-state index is -0.622.